The Kier molecular flexibility index (Phi) is 5.54. The third-order valence-electron chi connectivity index (χ3n) is 4.49. The molecule has 1 aromatic heterocycles. The number of H-pyrrole nitrogens is 1. The first kappa shape index (κ1) is 18.6. The Hall–Kier alpha value is -3.15. The van der Waals surface area contributed by atoms with E-state index in [1.807, 2.05) is 31.2 Å². The second kappa shape index (κ2) is 8.03. The van der Waals surface area contributed by atoms with Gasteiger partial charge in [-0.3, -0.25) is 14.7 Å². The second-order valence-electron chi connectivity index (χ2n) is 6.59. The van der Waals surface area contributed by atoms with Gasteiger partial charge in [-0.1, -0.05) is 29.8 Å². The molecule has 1 amide bonds. The molecule has 3 rings (SSSR count). The van der Waals surface area contributed by atoms with Crippen LogP contribution in [0.5, 0.6) is 0 Å². The molecule has 0 atom stereocenters. The maximum atomic E-state index is 13.1. The van der Waals surface area contributed by atoms with Crippen LogP contribution in [0.1, 0.15) is 28.8 Å². The van der Waals surface area contributed by atoms with Crippen LogP contribution in [-0.2, 0) is 17.8 Å². The van der Waals surface area contributed by atoms with Gasteiger partial charge < -0.3 is 5.32 Å². The van der Waals surface area contributed by atoms with Gasteiger partial charge in [0.25, 0.3) is 5.56 Å². The average molecular weight is 367 g/mol. The summed E-state index contributed by atoms with van der Waals surface area (Å²) < 4.78 is 14.4. The fourth-order valence-corrected chi connectivity index (χ4v) is 2.88. The van der Waals surface area contributed by atoms with Crippen LogP contribution in [0, 0.1) is 19.7 Å². The summed E-state index contributed by atoms with van der Waals surface area (Å²) in [6.45, 7) is 4.27. The summed E-state index contributed by atoms with van der Waals surface area (Å²) in [4.78, 5) is 24.7. The molecule has 2 aromatic carbocycles. The van der Waals surface area contributed by atoms with Crippen molar-refractivity contribution < 1.29 is 9.18 Å². The van der Waals surface area contributed by atoms with Gasteiger partial charge in [0.2, 0.25) is 5.91 Å². The molecule has 0 aliphatic heterocycles. The van der Waals surface area contributed by atoms with Crippen molar-refractivity contribution in [2.24, 2.45) is 0 Å². The number of rotatable bonds is 6. The monoisotopic (exact) mass is 367 g/mol. The van der Waals surface area contributed by atoms with Crippen molar-refractivity contribution in [3.63, 3.8) is 0 Å². The third kappa shape index (κ3) is 4.53. The van der Waals surface area contributed by atoms with Crippen molar-refractivity contribution in [3.8, 4) is 5.69 Å². The van der Waals surface area contributed by atoms with Crippen LogP contribution in [0.25, 0.3) is 5.69 Å². The topological polar surface area (TPSA) is 66.9 Å². The first-order chi connectivity index (χ1) is 12.9. The number of benzene rings is 2. The van der Waals surface area contributed by atoms with Crippen LogP contribution in [0.3, 0.4) is 0 Å². The number of hydrogen-bond donors (Lipinski definition) is 2. The summed E-state index contributed by atoms with van der Waals surface area (Å²) in [6, 6.07) is 13.6. The summed E-state index contributed by atoms with van der Waals surface area (Å²) in [6.07, 6.45) is 0.568. The number of nitrogens with zero attached hydrogens (tertiary/aromatic N) is 1. The zero-order valence-corrected chi connectivity index (χ0v) is 15.4. The van der Waals surface area contributed by atoms with E-state index in [0.29, 0.717) is 29.9 Å². The first-order valence-electron chi connectivity index (χ1n) is 8.82. The lowest BCUT2D eigenvalue weighted by atomic mass is 10.1. The third-order valence-corrected chi connectivity index (χ3v) is 4.49. The standard InChI is InChI=1S/C21H22FN3O2/c1-14-3-5-16(6-4-14)13-23-20(26)12-11-19-15(2)24-25(21(19)27)18-9-7-17(22)8-10-18/h3-10,24H,11-13H2,1-2H3,(H,23,26). The van der Waals surface area contributed by atoms with Gasteiger partial charge in [-0.25, -0.2) is 9.07 Å². The van der Waals surface area contributed by atoms with E-state index < -0.39 is 0 Å². The Balaban J connectivity index is 1.62. The van der Waals surface area contributed by atoms with Gasteiger partial charge in [0.15, 0.2) is 0 Å². The zero-order chi connectivity index (χ0) is 19.4. The summed E-state index contributed by atoms with van der Waals surface area (Å²) in [5.74, 6) is -0.468. The summed E-state index contributed by atoms with van der Waals surface area (Å²) in [5, 5.41) is 5.86. The SMILES string of the molecule is Cc1ccc(CNC(=O)CCc2c(C)[nH]n(-c3ccc(F)cc3)c2=O)cc1. The van der Waals surface area contributed by atoms with Crippen LogP contribution in [-0.4, -0.2) is 15.7 Å². The van der Waals surface area contributed by atoms with Crippen molar-refractivity contribution in [1.82, 2.24) is 15.1 Å². The lowest BCUT2D eigenvalue weighted by molar-refractivity contribution is -0.121. The summed E-state index contributed by atoms with van der Waals surface area (Å²) in [5.41, 5.74) is 3.81. The van der Waals surface area contributed by atoms with Gasteiger partial charge in [-0.15, -0.1) is 0 Å². The van der Waals surface area contributed by atoms with Gasteiger partial charge in [0.1, 0.15) is 5.82 Å². The predicted octanol–water partition coefficient (Wildman–Crippen LogP) is 3.17. The maximum absolute atomic E-state index is 13.1. The smallest absolute Gasteiger partial charge is 0.274 e. The molecular formula is C21H22FN3O2. The molecule has 0 radical (unpaired) electrons. The number of aromatic amines is 1. The number of nitrogens with one attached hydrogen (secondary N) is 2. The van der Waals surface area contributed by atoms with E-state index in [0.717, 1.165) is 5.56 Å². The molecule has 5 nitrogen and oxygen atoms in total. The lowest BCUT2D eigenvalue weighted by Crippen LogP contribution is -2.24. The fraction of sp³-hybridized carbons (Fsp3) is 0.238. The highest BCUT2D eigenvalue weighted by molar-refractivity contribution is 5.76. The van der Waals surface area contributed by atoms with Crippen molar-refractivity contribution in [2.45, 2.75) is 33.2 Å². The Bertz CT molecular complexity index is 986. The highest BCUT2D eigenvalue weighted by Gasteiger charge is 2.14. The minimum absolute atomic E-state index is 0.107. The Labute approximate surface area is 156 Å². The minimum atomic E-state index is -0.361. The number of carbonyl (C=O) groups is 1. The molecule has 0 saturated carbocycles. The van der Waals surface area contributed by atoms with Crippen molar-refractivity contribution >= 4 is 5.91 Å². The van der Waals surface area contributed by atoms with Crippen molar-refractivity contribution in [2.75, 3.05) is 0 Å². The number of aromatic nitrogens is 2. The number of hydrogen-bond acceptors (Lipinski definition) is 2. The van der Waals surface area contributed by atoms with Gasteiger partial charge >= 0.3 is 0 Å². The quantitative estimate of drug-likeness (QED) is 0.703. The van der Waals surface area contributed by atoms with E-state index in [4.69, 9.17) is 0 Å². The molecule has 0 bridgehead atoms. The largest absolute Gasteiger partial charge is 0.352 e. The lowest BCUT2D eigenvalue weighted by Gasteiger charge is -2.05. The molecule has 0 saturated heterocycles. The molecule has 0 fully saturated rings. The summed E-state index contributed by atoms with van der Waals surface area (Å²) >= 11 is 0. The van der Waals surface area contributed by atoms with Crippen LogP contribution in [0.15, 0.2) is 53.3 Å². The normalized spacial score (nSPS) is 10.8. The van der Waals surface area contributed by atoms with Crippen molar-refractivity contribution in [1.29, 1.82) is 0 Å². The molecule has 0 aliphatic carbocycles. The van der Waals surface area contributed by atoms with Gasteiger partial charge in [0.05, 0.1) is 5.69 Å². The van der Waals surface area contributed by atoms with E-state index in [-0.39, 0.29) is 23.7 Å². The Morgan fingerprint density at radius 3 is 2.41 bits per heavy atom. The van der Waals surface area contributed by atoms with E-state index in [1.54, 1.807) is 6.92 Å². The van der Waals surface area contributed by atoms with Gasteiger partial charge in [0, 0.05) is 24.2 Å². The molecule has 6 heteroatoms. The predicted molar refractivity (Wildman–Crippen MR) is 102 cm³/mol. The molecule has 27 heavy (non-hydrogen) atoms. The summed E-state index contributed by atoms with van der Waals surface area (Å²) in [7, 11) is 0. The van der Waals surface area contributed by atoms with Crippen molar-refractivity contribution in [3.05, 3.63) is 87.1 Å². The molecule has 0 spiro atoms. The molecule has 0 unspecified atom stereocenters. The molecule has 140 valence electrons. The van der Waals surface area contributed by atoms with Crippen LogP contribution in [0.4, 0.5) is 4.39 Å². The molecule has 0 aliphatic rings. The van der Waals surface area contributed by atoms with E-state index in [1.165, 1.54) is 34.5 Å². The maximum Gasteiger partial charge on any atom is 0.274 e. The molecule has 3 aromatic rings. The van der Waals surface area contributed by atoms with Crippen LogP contribution < -0.4 is 10.9 Å². The minimum Gasteiger partial charge on any atom is -0.352 e. The highest BCUT2D eigenvalue weighted by Crippen LogP contribution is 2.10. The number of amides is 1. The van der Waals surface area contributed by atoms with Gasteiger partial charge in [-0.2, -0.15) is 0 Å². The van der Waals surface area contributed by atoms with Gasteiger partial charge in [-0.05, 0) is 50.1 Å². The first-order valence-corrected chi connectivity index (χ1v) is 8.82. The number of aryl methyl sites for hydroxylation is 2. The molecule has 1 heterocycles. The highest BCUT2D eigenvalue weighted by atomic mass is 19.1. The molecular weight excluding hydrogens is 345 g/mol. The molecule has 2 N–H and O–H groups in total. The fourth-order valence-electron chi connectivity index (χ4n) is 2.88. The van der Waals surface area contributed by atoms with E-state index in [9.17, 15) is 14.0 Å². The van der Waals surface area contributed by atoms with E-state index in [2.05, 4.69) is 10.4 Å². The van der Waals surface area contributed by atoms with Crippen LogP contribution >= 0.6 is 0 Å². The average Bonchev–Trinajstić information content (AvgIpc) is 2.94. The number of carbonyl (C=O) groups excluding carboxylic acids is 1. The Morgan fingerprint density at radius 1 is 1.07 bits per heavy atom. The number of halogens is 1. The van der Waals surface area contributed by atoms with E-state index >= 15 is 0 Å². The zero-order valence-electron chi connectivity index (χ0n) is 15.4. The van der Waals surface area contributed by atoms with Crippen LogP contribution in [0.2, 0.25) is 0 Å². The Morgan fingerprint density at radius 2 is 1.74 bits per heavy atom. The second-order valence-corrected chi connectivity index (χ2v) is 6.59.